The van der Waals surface area contributed by atoms with E-state index in [0.29, 0.717) is 0 Å². The average molecular weight is 340 g/mol. The molecular weight excluding hydrogens is 312 g/mol. The Balaban J connectivity index is 1.40. The summed E-state index contributed by atoms with van der Waals surface area (Å²) in [5.41, 5.74) is 2.16. The first kappa shape index (κ1) is 18.0. The maximum absolute atomic E-state index is 9.46. The van der Waals surface area contributed by atoms with Gasteiger partial charge in [0.15, 0.2) is 5.82 Å². The zero-order valence-corrected chi connectivity index (χ0v) is 14.9. The minimum absolute atomic E-state index is 0.228. The zero-order valence-electron chi connectivity index (χ0n) is 14.9. The normalized spacial score (nSPS) is 17.5. The van der Waals surface area contributed by atoms with Crippen LogP contribution >= 0.6 is 0 Å². The van der Waals surface area contributed by atoms with E-state index < -0.39 is 0 Å². The Kier molecular flexibility index (Phi) is 6.50. The maximum Gasteiger partial charge on any atom is 0.159 e. The fraction of sp³-hybridized carbons (Fsp3) is 0.500. The lowest BCUT2D eigenvalue weighted by molar-refractivity contribution is 0.0998. The monoisotopic (exact) mass is 340 g/mol. The van der Waals surface area contributed by atoms with Gasteiger partial charge in [-0.1, -0.05) is 30.3 Å². The van der Waals surface area contributed by atoms with Gasteiger partial charge in [-0.3, -0.25) is 0 Å². The molecule has 0 amide bonds. The lowest BCUT2D eigenvalue weighted by atomic mass is 9.96. The summed E-state index contributed by atoms with van der Waals surface area (Å²) in [5.74, 6) is 1.49. The largest absolute Gasteiger partial charge is 0.392 e. The number of aliphatic hydroxyl groups excluding tert-OH is 1. The zero-order chi connectivity index (χ0) is 17.5. The van der Waals surface area contributed by atoms with E-state index in [4.69, 9.17) is 0 Å². The summed E-state index contributed by atoms with van der Waals surface area (Å²) in [7, 11) is 0. The topological polar surface area (TPSA) is 61.3 Å². The van der Waals surface area contributed by atoms with Gasteiger partial charge >= 0.3 is 0 Å². The van der Waals surface area contributed by atoms with Crippen molar-refractivity contribution in [2.45, 2.75) is 32.4 Å². The Morgan fingerprint density at radius 1 is 1.16 bits per heavy atom. The van der Waals surface area contributed by atoms with Gasteiger partial charge in [0.1, 0.15) is 0 Å². The average Bonchev–Trinajstić information content (AvgIpc) is 2.64. The number of aliphatic hydroxyl groups is 1. The Hall–Kier alpha value is -1.82. The minimum atomic E-state index is -0.228. The molecule has 25 heavy (non-hydrogen) atoms. The fourth-order valence-corrected chi connectivity index (χ4v) is 3.35. The second-order valence-corrected chi connectivity index (χ2v) is 7.00. The predicted octanol–water partition coefficient (Wildman–Crippen LogP) is 2.33. The summed E-state index contributed by atoms with van der Waals surface area (Å²) >= 11 is 0. The van der Waals surface area contributed by atoms with Gasteiger partial charge < -0.3 is 15.3 Å². The first-order chi connectivity index (χ1) is 12.2. The van der Waals surface area contributed by atoms with Gasteiger partial charge in [0.05, 0.1) is 6.10 Å². The van der Waals surface area contributed by atoms with E-state index in [0.717, 1.165) is 55.6 Å². The summed E-state index contributed by atoms with van der Waals surface area (Å²) in [6.07, 6.45) is 5.99. The number of hydrogen-bond acceptors (Lipinski definition) is 5. The molecule has 1 fully saturated rings. The number of likely N-dealkylation sites (tertiary alicyclic amines) is 1. The fourth-order valence-electron chi connectivity index (χ4n) is 3.35. The molecule has 1 atom stereocenters. The van der Waals surface area contributed by atoms with Gasteiger partial charge in [0.25, 0.3) is 0 Å². The minimum Gasteiger partial charge on any atom is -0.392 e. The van der Waals surface area contributed by atoms with Crippen LogP contribution in [0.5, 0.6) is 0 Å². The van der Waals surface area contributed by atoms with Crippen molar-refractivity contribution >= 4 is 0 Å². The molecule has 0 spiro atoms. The SMILES string of the molecule is C[C@H](O)CN1CCC(CNCc2cnc(-c3ccccc3)nc2)CC1. The molecule has 3 rings (SSSR count). The predicted molar refractivity (Wildman–Crippen MR) is 100 cm³/mol. The molecule has 5 nitrogen and oxygen atoms in total. The molecule has 2 aromatic rings. The summed E-state index contributed by atoms with van der Waals surface area (Å²) < 4.78 is 0. The van der Waals surface area contributed by atoms with Gasteiger partial charge in [0.2, 0.25) is 0 Å². The van der Waals surface area contributed by atoms with E-state index in [-0.39, 0.29) is 6.10 Å². The third kappa shape index (κ3) is 5.59. The second kappa shape index (κ2) is 9.04. The van der Waals surface area contributed by atoms with E-state index >= 15 is 0 Å². The molecule has 1 aromatic heterocycles. The number of β-amino-alcohol motifs (C(OH)–C–C–N with tert-alkyl or cyclic N) is 1. The molecule has 1 aliphatic rings. The van der Waals surface area contributed by atoms with E-state index in [1.165, 1.54) is 12.8 Å². The molecule has 0 unspecified atom stereocenters. The van der Waals surface area contributed by atoms with Crippen LogP contribution < -0.4 is 5.32 Å². The van der Waals surface area contributed by atoms with E-state index in [9.17, 15) is 5.11 Å². The van der Waals surface area contributed by atoms with Crippen molar-refractivity contribution in [3.05, 3.63) is 48.3 Å². The Bertz CT molecular complexity index is 622. The summed E-state index contributed by atoms with van der Waals surface area (Å²) in [6, 6.07) is 10.0. The van der Waals surface area contributed by atoms with Crippen LogP contribution in [0.2, 0.25) is 0 Å². The maximum atomic E-state index is 9.46. The highest BCUT2D eigenvalue weighted by molar-refractivity contribution is 5.53. The number of benzene rings is 1. The number of nitrogens with zero attached hydrogens (tertiary/aromatic N) is 3. The summed E-state index contributed by atoms with van der Waals surface area (Å²) in [5, 5.41) is 13.0. The summed E-state index contributed by atoms with van der Waals surface area (Å²) in [6.45, 7) is 6.67. The van der Waals surface area contributed by atoms with E-state index in [1.807, 2.05) is 49.6 Å². The number of rotatable bonds is 7. The molecule has 0 bridgehead atoms. The van der Waals surface area contributed by atoms with Crippen molar-refractivity contribution < 1.29 is 5.11 Å². The standard InChI is InChI=1S/C20H28N4O/c1-16(25)15-24-9-7-17(8-10-24)11-21-12-18-13-22-20(23-14-18)19-5-3-2-4-6-19/h2-6,13-14,16-17,21,25H,7-12,15H2,1H3/t16-/m0/s1. The van der Waals surface area contributed by atoms with Crippen molar-refractivity contribution in [1.82, 2.24) is 20.2 Å². The molecule has 1 saturated heterocycles. The molecule has 5 heteroatoms. The Morgan fingerprint density at radius 2 is 1.84 bits per heavy atom. The molecule has 134 valence electrons. The smallest absolute Gasteiger partial charge is 0.159 e. The van der Waals surface area contributed by atoms with Crippen LogP contribution in [-0.4, -0.2) is 52.3 Å². The lowest BCUT2D eigenvalue weighted by Crippen LogP contribution is -2.40. The summed E-state index contributed by atoms with van der Waals surface area (Å²) in [4.78, 5) is 11.3. The van der Waals surface area contributed by atoms with Crippen LogP contribution in [0.25, 0.3) is 11.4 Å². The Labute approximate surface area is 150 Å². The highest BCUT2D eigenvalue weighted by atomic mass is 16.3. The molecule has 2 heterocycles. The van der Waals surface area contributed by atoms with Crippen molar-refractivity contribution in [2.24, 2.45) is 5.92 Å². The van der Waals surface area contributed by atoms with Crippen LogP contribution in [0.3, 0.4) is 0 Å². The molecule has 0 radical (unpaired) electrons. The van der Waals surface area contributed by atoms with Crippen molar-refractivity contribution in [3.8, 4) is 11.4 Å². The van der Waals surface area contributed by atoms with Gasteiger partial charge in [-0.25, -0.2) is 9.97 Å². The Morgan fingerprint density at radius 3 is 2.48 bits per heavy atom. The van der Waals surface area contributed by atoms with Crippen LogP contribution in [0.1, 0.15) is 25.3 Å². The van der Waals surface area contributed by atoms with Crippen molar-refractivity contribution in [2.75, 3.05) is 26.2 Å². The molecule has 2 N–H and O–H groups in total. The second-order valence-electron chi connectivity index (χ2n) is 7.00. The van der Waals surface area contributed by atoms with Gasteiger partial charge in [-0.2, -0.15) is 0 Å². The molecule has 0 aliphatic carbocycles. The number of hydrogen-bond donors (Lipinski definition) is 2. The first-order valence-electron chi connectivity index (χ1n) is 9.18. The molecule has 0 saturated carbocycles. The quantitative estimate of drug-likeness (QED) is 0.810. The van der Waals surface area contributed by atoms with Crippen molar-refractivity contribution in [1.29, 1.82) is 0 Å². The molecule has 1 aliphatic heterocycles. The third-order valence-electron chi connectivity index (χ3n) is 4.73. The number of piperidine rings is 1. The molecule has 1 aromatic carbocycles. The van der Waals surface area contributed by atoms with Gasteiger partial charge in [-0.15, -0.1) is 0 Å². The van der Waals surface area contributed by atoms with Crippen LogP contribution in [0.4, 0.5) is 0 Å². The van der Waals surface area contributed by atoms with Crippen LogP contribution in [0, 0.1) is 5.92 Å². The molecular formula is C20H28N4O. The van der Waals surface area contributed by atoms with Crippen LogP contribution in [0.15, 0.2) is 42.7 Å². The lowest BCUT2D eigenvalue weighted by Gasteiger charge is -2.32. The van der Waals surface area contributed by atoms with Gasteiger partial charge in [0, 0.05) is 36.6 Å². The van der Waals surface area contributed by atoms with Gasteiger partial charge in [-0.05, 0) is 45.3 Å². The third-order valence-corrected chi connectivity index (χ3v) is 4.73. The first-order valence-corrected chi connectivity index (χ1v) is 9.18. The highest BCUT2D eigenvalue weighted by Gasteiger charge is 2.19. The van der Waals surface area contributed by atoms with E-state index in [1.54, 1.807) is 0 Å². The van der Waals surface area contributed by atoms with Crippen molar-refractivity contribution in [3.63, 3.8) is 0 Å². The van der Waals surface area contributed by atoms with E-state index in [2.05, 4.69) is 20.2 Å². The highest BCUT2D eigenvalue weighted by Crippen LogP contribution is 2.17. The number of aromatic nitrogens is 2. The van der Waals surface area contributed by atoms with Crippen LogP contribution in [-0.2, 0) is 6.54 Å². The number of nitrogens with one attached hydrogen (secondary N) is 1.